The minimum atomic E-state index is -0.152. The number of fused-ring (bicyclic) bond motifs is 1. The van der Waals surface area contributed by atoms with Gasteiger partial charge in [-0.15, -0.1) is 0 Å². The third kappa shape index (κ3) is 3.08. The van der Waals surface area contributed by atoms with Gasteiger partial charge in [0.25, 0.3) is 0 Å². The standard InChI is InChI=1S/C20H20N2O3/c1-22-12-13(15-6-4-5-7-17(15)22)8-9-18(23)14-10-16(21)20(25-3)19(11-14)24-2/h4-12H,21H2,1-3H3/b9-8+. The molecule has 2 aromatic carbocycles. The first-order chi connectivity index (χ1) is 12.0. The summed E-state index contributed by atoms with van der Waals surface area (Å²) in [5, 5.41) is 1.10. The number of ether oxygens (including phenoxy) is 2. The number of aryl methyl sites for hydroxylation is 1. The van der Waals surface area contributed by atoms with Crippen LogP contribution in [0.4, 0.5) is 5.69 Å². The molecule has 3 aromatic rings. The van der Waals surface area contributed by atoms with Crippen LogP contribution < -0.4 is 15.2 Å². The summed E-state index contributed by atoms with van der Waals surface area (Å²) in [5.41, 5.74) is 8.86. The molecule has 0 unspecified atom stereocenters. The van der Waals surface area contributed by atoms with E-state index in [0.717, 1.165) is 16.5 Å². The Balaban J connectivity index is 1.94. The molecule has 0 aliphatic carbocycles. The number of benzene rings is 2. The Morgan fingerprint density at radius 1 is 1.16 bits per heavy atom. The molecule has 0 saturated heterocycles. The summed E-state index contributed by atoms with van der Waals surface area (Å²) in [4.78, 5) is 12.5. The van der Waals surface area contributed by atoms with Gasteiger partial charge >= 0.3 is 0 Å². The maximum atomic E-state index is 12.5. The van der Waals surface area contributed by atoms with Gasteiger partial charge in [-0.2, -0.15) is 0 Å². The van der Waals surface area contributed by atoms with Crippen LogP contribution in [0.15, 0.2) is 48.7 Å². The Hall–Kier alpha value is -3.21. The van der Waals surface area contributed by atoms with Crippen molar-refractivity contribution >= 4 is 28.4 Å². The molecule has 0 aliphatic rings. The van der Waals surface area contributed by atoms with Gasteiger partial charge in [0.05, 0.1) is 19.9 Å². The molecule has 1 aromatic heterocycles. The first kappa shape index (κ1) is 16.6. The Labute approximate surface area is 146 Å². The Kier molecular flexibility index (Phi) is 4.48. The molecule has 0 bridgehead atoms. The lowest BCUT2D eigenvalue weighted by atomic mass is 10.1. The molecule has 3 rings (SSSR count). The largest absolute Gasteiger partial charge is 0.493 e. The second kappa shape index (κ2) is 6.73. The van der Waals surface area contributed by atoms with E-state index in [1.54, 1.807) is 18.2 Å². The average molecular weight is 336 g/mol. The Bertz CT molecular complexity index is 970. The van der Waals surface area contributed by atoms with E-state index in [4.69, 9.17) is 15.2 Å². The number of hydrogen-bond acceptors (Lipinski definition) is 4. The van der Waals surface area contributed by atoms with Crippen LogP contribution in [0.5, 0.6) is 11.5 Å². The molecule has 5 nitrogen and oxygen atoms in total. The summed E-state index contributed by atoms with van der Waals surface area (Å²) in [6.07, 6.45) is 5.36. The number of aromatic nitrogens is 1. The van der Waals surface area contributed by atoms with E-state index in [0.29, 0.717) is 22.7 Å². The minimum Gasteiger partial charge on any atom is -0.493 e. The number of carbonyl (C=O) groups excluding carboxylic acids is 1. The zero-order valence-electron chi connectivity index (χ0n) is 14.4. The van der Waals surface area contributed by atoms with E-state index in [9.17, 15) is 4.79 Å². The van der Waals surface area contributed by atoms with Crippen LogP contribution in [-0.4, -0.2) is 24.6 Å². The normalized spacial score (nSPS) is 11.2. The van der Waals surface area contributed by atoms with Gasteiger partial charge in [0, 0.05) is 35.3 Å². The first-order valence-electron chi connectivity index (χ1n) is 7.83. The van der Waals surface area contributed by atoms with Crippen LogP contribution in [0.2, 0.25) is 0 Å². The molecule has 0 aliphatic heterocycles. The van der Waals surface area contributed by atoms with Crippen LogP contribution in [0.3, 0.4) is 0 Å². The highest BCUT2D eigenvalue weighted by molar-refractivity contribution is 6.08. The van der Waals surface area contributed by atoms with E-state index in [1.165, 1.54) is 14.2 Å². The summed E-state index contributed by atoms with van der Waals surface area (Å²) >= 11 is 0. The summed E-state index contributed by atoms with van der Waals surface area (Å²) in [6, 6.07) is 11.3. The lowest BCUT2D eigenvalue weighted by Crippen LogP contribution is -2.01. The summed E-state index contributed by atoms with van der Waals surface area (Å²) in [5.74, 6) is 0.710. The molecule has 0 spiro atoms. The van der Waals surface area contributed by atoms with Crippen molar-refractivity contribution in [2.45, 2.75) is 0 Å². The van der Waals surface area contributed by atoms with E-state index in [-0.39, 0.29) is 5.78 Å². The maximum absolute atomic E-state index is 12.5. The molecular weight excluding hydrogens is 316 g/mol. The number of anilines is 1. The van der Waals surface area contributed by atoms with Crippen molar-refractivity contribution in [3.8, 4) is 11.5 Å². The van der Waals surface area contributed by atoms with Gasteiger partial charge in [0.1, 0.15) is 0 Å². The molecule has 0 fully saturated rings. The molecule has 0 atom stereocenters. The fourth-order valence-electron chi connectivity index (χ4n) is 2.90. The number of nitrogens with two attached hydrogens (primary N) is 1. The zero-order chi connectivity index (χ0) is 18.0. The number of carbonyl (C=O) groups is 1. The third-order valence-electron chi connectivity index (χ3n) is 4.13. The molecule has 0 amide bonds. The summed E-state index contributed by atoms with van der Waals surface area (Å²) in [7, 11) is 5.00. The molecule has 25 heavy (non-hydrogen) atoms. The molecule has 128 valence electrons. The molecular formula is C20H20N2O3. The highest BCUT2D eigenvalue weighted by Gasteiger charge is 2.13. The van der Waals surface area contributed by atoms with Gasteiger partial charge in [0.2, 0.25) is 0 Å². The van der Waals surface area contributed by atoms with Crippen LogP contribution in [0, 0.1) is 0 Å². The fourth-order valence-corrected chi connectivity index (χ4v) is 2.90. The number of ketones is 1. The fraction of sp³-hybridized carbons (Fsp3) is 0.150. The van der Waals surface area contributed by atoms with Crippen molar-refractivity contribution in [1.29, 1.82) is 0 Å². The van der Waals surface area contributed by atoms with Gasteiger partial charge in [0.15, 0.2) is 17.3 Å². The number of nitrogens with zero attached hydrogens (tertiary/aromatic N) is 1. The van der Waals surface area contributed by atoms with Crippen molar-refractivity contribution < 1.29 is 14.3 Å². The predicted octanol–water partition coefficient (Wildman–Crippen LogP) is 3.67. The molecule has 0 radical (unpaired) electrons. The van der Waals surface area contributed by atoms with Crippen molar-refractivity contribution in [2.75, 3.05) is 20.0 Å². The van der Waals surface area contributed by atoms with Crippen molar-refractivity contribution in [3.63, 3.8) is 0 Å². The Morgan fingerprint density at radius 3 is 2.64 bits per heavy atom. The van der Waals surface area contributed by atoms with Crippen molar-refractivity contribution in [2.24, 2.45) is 7.05 Å². The van der Waals surface area contributed by atoms with E-state index >= 15 is 0 Å². The number of hydrogen-bond donors (Lipinski definition) is 1. The highest BCUT2D eigenvalue weighted by Crippen LogP contribution is 2.34. The minimum absolute atomic E-state index is 0.152. The van der Waals surface area contributed by atoms with Crippen molar-refractivity contribution in [3.05, 3.63) is 59.8 Å². The molecule has 2 N–H and O–H groups in total. The second-order valence-corrected chi connectivity index (χ2v) is 5.71. The second-order valence-electron chi connectivity index (χ2n) is 5.71. The lowest BCUT2D eigenvalue weighted by molar-refractivity contribution is 0.104. The molecule has 1 heterocycles. The van der Waals surface area contributed by atoms with Crippen molar-refractivity contribution in [1.82, 2.24) is 4.57 Å². The zero-order valence-corrected chi connectivity index (χ0v) is 14.4. The quantitative estimate of drug-likeness (QED) is 0.438. The topological polar surface area (TPSA) is 66.5 Å². The average Bonchev–Trinajstić information content (AvgIpc) is 2.95. The Morgan fingerprint density at radius 2 is 1.92 bits per heavy atom. The summed E-state index contributed by atoms with van der Waals surface area (Å²) in [6.45, 7) is 0. The van der Waals surface area contributed by atoms with E-state index in [1.807, 2.05) is 48.2 Å². The number of rotatable bonds is 5. The molecule has 5 heteroatoms. The number of para-hydroxylation sites is 1. The van der Waals surface area contributed by atoms with Crippen LogP contribution in [0.1, 0.15) is 15.9 Å². The van der Waals surface area contributed by atoms with Crippen LogP contribution >= 0.6 is 0 Å². The number of nitrogen functional groups attached to an aromatic ring is 1. The monoisotopic (exact) mass is 336 g/mol. The van der Waals surface area contributed by atoms with Gasteiger partial charge < -0.3 is 19.8 Å². The maximum Gasteiger partial charge on any atom is 0.186 e. The smallest absolute Gasteiger partial charge is 0.186 e. The van der Waals surface area contributed by atoms with Gasteiger partial charge in [-0.05, 0) is 30.4 Å². The predicted molar refractivity (Wildman–Crippen MR) is 100 cm³/mol. The lowest BCUT2D eigenvalue weighted by Gasteiger charge is -2.11. The van der Waals surface area contributed by atoms with E-state index in [2.05, 4.69) is 0 Å². The molecule has 0 saturated carbocycles. The highest BCUT2D eigenvalue weighted by atomic mass is 16.5. The summed E-state index contributed by atoms with van der Waals surface area (Å²) < 4.78 is 12.5. The number of allylic oxidation sites excluding steroid dienone is 1. The first-order valence-corrected chi connectivity index (χ1v) is 7.83. The van der Waals surface area contributed by atoms with Gasteiger partial charge in [-0.25, -0.2) is 0 Å². The van der Waals surface area contributed by atoms with Gasteiger partial charge in [-0.1, -0.05) is 18.2 Å². The van der Waals surface area contributed by atoms with Crippen LogP contribution in [-0.2, 0) is 7.05 Å². The van der Waals surface area contributed by atoms with Gasteiger partial charge in [-0.3, -0.25) is 4.79 Å². The van der Waals surface area contributed by atoms with Crippen LogP contribution in [0.25, 0.3) is 17.0 Å². The number of methoxy groups -OCH3 is 2. The van der Waals surface area contributed by atoms with E-state index < -0.39 is 0 Å². The third-order valence-corrected chi connectivity index (χ3v) is 4.13. The SMILES string of the molecule is COc1cc(C(=O)/C=C/c2cn(C)c3ccccc23)cc(N)c1OC.